The highest BCUT2D eigenvalue weighted by Gasteiger charge is 2.38. The molecule has 0 N–H and O–H groups in total. The molecule has 0 unspecified atom stereocenters. The van der Waals surface area contributed by atoms with Gasteiger partial charge in [-0.25, -0.2) is 8.42 Å². The van der Waals surface area contributed by atoms with E-state index in [-0.39, 0.29) is 6.04 Å². The van der Waals surface area contributed by atoms with Gasteiger partial charge >= 0.3 is 0 Å². The van der Waals surface area contributed by atoms with Crippen LogP contribution in [0.1, 0.15) is 19.3 Å². The van der Waals surface area contributed by atoms with Gasteiger partial charge < -0.3 is 4.74 Å². The van der Waals surface area contributed by atoms with Crippen molar-refractivity contribution in [2.45, 2.75) is 29.5 Å². The number of morpholine rings is 1. The Balaban J connectivity index is 1.84. The van der Waals surface area contributed by atoms with Crippen LogP contribution in [-0.2, 0) is 14.8 Å². The van der Waals surface area contributed by atoms with Gasteiger partial charge in [0.25, 0.3) is 10.0 Å². The van der Waals surface area contributed by atoms with Crippen LogP contribution in [0.4, 0.5) is 0 Å². The van der Waals surface area contributed by atoms with Crippen LogP contribution < -0.4 is 0 Å². The lowest BCUT2D eigenvalue weighted by Crippen LogP contribution is -2.48. The standard InChI is InChI=1S/C12H16ClNO3S2/c13-11-3-4-12(18-11)19(15,16)14-5-6-17-8-10(14)7-9-1-2-9/h3-4,9-10H,1-2,5-8H2/t10-/m1/s1. The monoisotopic (exact) mass is 321 g/mol. The molecule has 106 valence electrons. The molecule has 0 radical (unpaired) electrons. The topological polar surface area (TPSA) is 46.6 Å². The third kappa shape index (κ3) is 2.97. The molecule has 19 heavy (non-hydrogen) atoms. The number of sulfonamides is 1. The smallest absolute Gasteiger partial charge is 0.253 e. The van der Waals surface area contributed by atoms with Crippen molar-refractivity contribution in [2.75, 3.05) is 19.8 Å². The number of thiophene rings is 1. The van der Waals surface area contributed by atoms with Crippen LogP contribution in [0.15, 0.2) is 16.3 Å². The highest BCUT2D eigenvalue weighted by Crippen LogP contribution is 2.37. The van der Waals surface area contributed by atoms with Gasteiger partial charge in [0.15, 0.2) is 0 Å². The zero-order valence-corrected chi connectivity index (χ0v) is 12.8. The van der Waals surface area contributed by atoms with Gasteiger partial charge in [0.2, 0.25) is 0 Å². The molecule has 1 aliphatic carbocycles. The lowest BCUT2D eigenvalue weighted by Gasteiger charge is -2.34. The molecule has 1 saturated carbocycles. The minimum absolute atomic E-state index is 0.0212. The Morgan fingerprint density at radius 3 is 2.84 bits per heavy atom. The Bertz CT molecular complexity index is 553. The first kappa shape index (κ1) is 13.8. The Morgan fingerprint density at radius 2 is 2.21 bits per heavy atom. The molecular formula is C12H16ClNO3S2. The van der Waals surface area contributed by atoms with Crippen molar-refractivity contribution >= 4 is 33.0 Å². The number of halogens is 1. The Hall–Kier alpha value is -0.140. The number of hydrogen-bond acceptors (Lipinski definition) is 4. The number of hydrogen-bond donors (Lipinski definition) is 0. The molecule has 0 bridgehead atoms. The van der Waals surface area contributed by atoms with Crippen LogP contribution in [0.2, 0.25) is 4.34 Å². The lowest BCUT2D eigenvalue weighted by atomic mass is 10.1. The van der Waals surface area contributed by atoms with Gasteiger partial charge in [-0.1, -0.05) is 24.4 Å². The van der Waals surface area contributed by atoms with E-state index in [1.807, 2.05) is 0 Å². The fourth-order valence-corrected chi connectivity index (χ4v) is 5.65. The first-order valence-corrected chi connectivity index (χ1v) is 9.06. The second-order valence-electron chi connectivity index (χ2n) is 5.08. The summed E-state index contributed by atoms with van der Waals surface area (Å²) in [5.41, 5.74) is 0. The normalized spacial score (nSPS) is 25.6. The van der Waals surface area contributed by atoms with Gasteiger partial charge in [-0.05, 0) is 24.5 Å². The summed E-state index contributed by atoms with van der Waals surface area (Å²) in [7, 11) is -3.42. The Labute approximate surface area is 122 Å². The third-order valence-electron chi connectivity index (χ3n) is 3.59. The summed E-state index contributed by atoms with van der Waals surface area (Å²) in [6.45, 7) is 1.42. The summed E-state index contributed by atoms with van der Waals surface area (Å²) in [5.74, 6) is 0.677. The zero-order chi connectivity index (χ0) is 13.5. The van der Waals surface area contributed by atoms with Gasteiger partial charge in [-0.2, -0.15) is 4.31 Å². The van der Waals surface area contributed by atoms with Crippen LogP contribution >= 0.6 is 22.9 Å². The second kappa shape index (κ2) is 5.33. The summed E-state index contributed by atoms with van der Waals surface area (Å²) in [6.07, 6.45) is 3.35. The van der Waals surface area contributed by atoms with E-state index < -0.39 is 10.0 Å². The average molecular weight is 322 g/mol. The Morgan fingerprint density at radius 1 is 1.42 bits per heavy atom. The van der Waals surface area contributed by atoms with E-state index >= 15 is 0 Å². The molecular weight excluding hydrogens is 306 g/mol. The van der Waals surface area contributed by atoms with Crippen molar-refractivity contribution < 1.29 is 13.2 Å². The molecule has 0 spiro atoms. The molecule has 1 aromatic heterocycles. The zero-order valence-electron chi connectivity index (χ0n) is 10.4. The number of ether oxygens (including phenoxy) is 1. The largest absolute Gasteiger partial charge is 0.378 e. The van der Waals surface area contributed by atoms with Crippen molar-refractivity contribution in [1.29, 1.82) is 0 Å². The molecule has 0 aromatic carbocycles. The predicted octanol–water partition coefficient (Wildman–Crippen LogP) is 2.59. The van der Waals surface area contributed by atoms with E-state index in [0.29, 0.717) is 34.2 Å². The summed E-state index contributed by atoms with van der Waals surface area (Å²) < 4.78 is 33.2. The quantitative estimate of drug-likeness (QED) is 0.856. The fraction of sp³-hybridized carbons (Fsp3) is 0.667. The minimum atomic E-state index is -3.42. The molecule has 3 rings (SSSR count). The Kier molecular flexibility index (Phi) is 3.88. The van der Waals surface area contributed by atoms with Crippen molar-refractivity contribution in [2.24, 2.45) is 5.92 Å². The van der Waals surface area contributed by atoms with E-state index in [2.05, 4.69) is 0 Å². The summed E-state index contributed by atoms with van der Waals surface area (Å²) >= 11 is 6.97. The maximum Gasteiger partial charge on any atom is 0.253 e. The molecule has 4 nitrogen and oxygen atoms in total. The van der Waals surface area contributed by atoms with Crippen LogP contribution in [0.5, 0.6) is 0 Å². The first-order chi connectivity index (χ1) is 9.07. The molecule has 1 atom stereocenters. The lowest BCUT2D eigenvalue weighted by molar-refractivity contribution is 0.0278. The SMILES string of the molecule is O=S(=O)(c1ccc(Cl)s1)N1CCOC[C@H]1CC1CC1. The maximum absolute atomic E-state index is 12.6. The fourth-order valence-electron chi connectivity index (χ4n) is 2.43. The van der Waals surface area contributed by atoms with Gasteiger partial charge in [0, 0.05) is 12.6 Å². The van der Waals surface area contributed by atoms with E-state index in [1.165, 1.54) is 12.8 Å². The van der Waals surface area contributed by atoms with Crippen molar-refractivity contribution in [3.63, 3.8) is 0 Å². The molecule has 2 aliphatic rings. The summed E-state index contributed by atoms with van der Waals surface area (Å²) in [4.78, 5) is 0. The van der Waals surface area contributed by atoms with E-state index in [4.69, 9.17) is 16.3 Å². The molecule has 2 heterocycles. The molecule has 2 fully saturated rings. The van der Waals surface area contributed by atoms with Gasteiger partial charge in [-0.15, -0.1) is 11.3 Å². The maximum atomic E-state index is 12.6. The van der Waals surface area contributed by atoms with Crippen LogP contribution in [-0.4, -0.2) is 38.5 Å². The van der Waals surface area contributed by atoms with Gasteiger partial charge in [-0.3, -0.25) is 0 Å². The van der Waals surface area contributed by atoms with E-state index in [1.54, 1.807) is 16.4 Å². The highest BCUT2D eigenvalue weighted by molar-refractivity contribution is 7.91. The number of rotatable bonds is 4. The molecule has 1 saturated heterocycles. The average Bonchev–Trinajstić information content (AvgIpc) is 3.08. The molecule has 7 heteroatoms. The summed E-state index contributed by atoms with van der Waals surface area (Å²) in [5, 5.41) is 0. The molecule has 1 aliphatic heterocycles. The van der Waals surface area contributed by atoms with Crippen molar-refractivity contribution in [3.8, 4) is 0 Å². The predicted molar refractivity (Wildman–Crippen MR) is 75.2 cm³/mol. The van der Waals surface area contributed by atoms with Crippen LogP contribution in [0, 0.1) is 5.92 Å². The van der Waals surface area contributed by atoms with E-state index in [0.717, 1.165) is 17.8 Å². The van der Waals surface area contributed by atoms with Gasteiger partial charge in [0.1, 0.15) is 4.21 Å². The molecule has 0 amide bonds. The first-order valence-electron chi connectivity index (χ1n) is 6.42. The minimum Gasteiger partial charge on any atom is -0.378 e. The van der Waals surface area contributed by atoms with Crippen molar-refractivity contribution in [1.82, 2.24) is 4.31 Å². The highest BCUT2D eigenvalue weighted by atomic mass is 35.5. The summed E-state index contributed by atoms with van der Waals surface area (Å²) in [6, 6.07) is 3.20. The number of nitrogens with zero attached hydrogens (tertiary/aromatic N) is 1. The van der Waals surface area contributed by atoms with Crippen LogP contribution in [0.3, 0.4) is 0 Å². The second-order valence-corrected chi connectivity index (χ2v) is 8.91. The molecule has 1 aromatic rings. The van der Waals surface area contributed by atoms with Gasteiger partial charge in [0.05, 0.1) is 17.6 Å². The third-order valence-corrected chi connectivity index (χ3v) is 7.24. The van der Waals surface area contributed by atoms with E-state index in [9.17, 15) is 8.42 Å². The van der Waals surface area contributed by atoms with Crippen molar-refractivity contribution in [3.05, 3.63) is 16.5 Å². The van der Waals surface area contributed by atoms with Crippen LogP contribution in [0.25, 0.3) is 0 Å².